The number of aliphatic carboxylic acids is 1. The van der Waals surface area contributed by atoms with Crippen LogP contribution in [0.4, 0.5) is 10.5 Å². The van der Waals surface area contributed by atoms with Gasteiger partial charge in [-0.2, -0.15) is 0 Å². The second-order valence-electron chi connectivity index (χ2n) is 5.84. The number of urea groups is 1. The monoisotopic (exact) mass is 318 g/mol. The zero-order valence-corrected chi connectivity index (χ0v) is 13.2. The van der Waals surface area contributed by atoms with Crippen molar-refractivity contribution in [3.05, 3.63) is 36.9 Å². The number of carbonyl (C=O) groups excluding carboxylic acids is 1. The molecule has 1 aliphatic rings. The van der Waals surface area contributed by atoms with Gasteiger partial charge in [0.15, 0.2) is 0 Å². The highest BCUT2D eigenvalue weighted by Crippen LogP contribution is 2.23. The molecule has 0 radical (unpaired) electrons. The Morgan fingerprint density at radius 1 is 1.48 bits per heavy atom. The molecule has 23 heavy (non-hydrogen) atoms. The normalized spacial score (nSPS) is 20.7. The van der Waals surface area contributed by atoms with Gasteiger partial charge in [0.25, 0.3) is 0 Å². The van der Waals surface area contributed by atoms with Gasteiger partial charge in [0.05, 0.1) is 5.92 Å². The van der Waals surface area contributed by atoms with Gasteiger partial charge in [0.1, 0.15) is 12.4 Å². The van der Waals surface area contributed by atoms with Crippen molar-refractivity contribution in [3.8, 4) is 5.75 Å². The average molecular weight is 318 g/mol. The van der Waals surface area contributed by atoms with Gasteiger partial charge in [-0.25, -0.2) is 4.79 Å². The molecule has 0 aromatic heterocycles. The number of amides is 2. The molecule has 0 saturated carbocycles. The zero-order chi connectivity index (χ0) is 16.8. The van der Waals surface area contributed by atoms with Crippen LogP contribution in [-0.2, 0) is 4.79 Å². The predicted molar refractivity (Wildman–Crippen MR) is 87.6 cm³/mol. The maximum absolute atomic E-state index is 12.4. The maximum Gasteiger partial charge on any atom is 0.321 e. The summed E-state index contributed by atoms with van der Waals surface area (Å²) in [6.45, 7) is 6.73. The standard InChI is InChI=1S/C17H22N2O4/c1-3-7-23-15-6-4-5-14(9-15)18-17(22)19-10-12(2)8-13(11-19)16(20)21/h3-6,9,12-13H,1,7-8,10-11H2,2H3,(H,18,22)(H,20,21). The number of nitrogens with one attached hydrogen (secondary N) is 1. The molecule has 1 aromatic rings. The highest BCUT2D eigenvalue weighted by Gasteiger charge is 2.31. The number of hydrogen-bond donors (Lipinski definition) is 2. The summed E-state index contributed by atoms with van der Waals surface area (Å²) in [6, 6.07) is 6.78. The lowest BCUT2D eigenvalue weighted by molar-refractivity contribution is -0.143. The van der Waals surface area contributed by atoms with E-state index in [9.17, 15) is 14.7 Å². The number of ether oxygens (including phenoxy) is 1. The average Bonchev–Trinajstić information content (AvgIpc) is 2.52. The molecule has 0 aliphatic carbocycles. The van der Waals surface area contributed by atoms with E-state index < -0.39 is 11.9 Å². The van der Waals surface area contributed by atoms with Gasteiger partial charge in [0.2, 0.25) is 0 Å². The number of nitrogens with zero attached hydrogens (tertiary/aromatic N) is 1. The fourth-order valence-corrected chi connectivity index (χ4v) is 2.72. The SMILES string of the molecule is C=CCOc1cccc(NC(=O)N2CC(C)CC(C(=O)O)C2)c1. The number of hydrogen-bond acceptors (Lipinski definition) is 3. The van der Waals surface area contributed by atoms with E-state index in [1.807, 2.05) is 6.92 Å². The molecule has 124 valence electrons. The van der Waals surface area contributed by atoms with Crippen LogP contribution in [-0.4, -0.2) is 41.7 Å². The van der Waals surface area contributed by atoms with Gasteiger partial charge >= 0.3 is 12.0 Å². The third kappa shape index (κ3) is 4.74. The molecule has 1 fully saturated rings. The number of anilines is 1. The Morgan fingerprint density at radius 2 is 2.26 bits per heavy atom. The van der Waals surface area contributed by atoms with E-state index in [1.165, 1.54) is 0 Å². The number of piperidine rings is 1. The first-order chi connectivity index (χ1) is 11.0. The minimum Gasteiger partial charge on any atom is -0.489 e. The van der Waals surface area contributed by atoms with Crippen LogP contribution in [0, 0.1) is 11.8 Å². The first kappa shape index (κ1) is 16.9. The van der Waals surface area contributed by atoms with Crippen LogP contribution >= 0.6 is 0 Å². The molecule has 1 heterocycles. The lowest BCUT2D eigenvalue weighted by atomic mass is 9.91. The zero-order valence-electron chi connectivity index (χ0n) is 13.2. The van der Waals surface area contributed by atoms with Crippen molar-refractivity contribution < 1.29 is 19.4 Å². The molecule has 0 spiro atoms. The maximum atomic E-state index is 12.4. The molecule has 2 atom stereocenters. The predicted octanol–water partition coefficient (Wildman–Crippen LogP) is 2.83. The molecule has 2 N–H and O–H groups in total. The highest BCUT2D eigenvalue weighted by atomic mass is 16.5. The van der Waals surface area contributed by atoms with E-state index in [-0.39, 0.29) is 18.5 Å². The van der Waals surface area contributed by atoms with Gasteiger partial charge in [-0.1, -0.05) is 25.6 Å². The number of likely N-dealkylation sites (tertiary alicyclic amines) is 1. The van der Waals surface area contributed by atoms with Gasteiger partial charge < -0.3 is 20.1 Å². The van der Waals surface area contributed by atoms with Crippen LogP contribution in [0.25, 0.3) is 0 Å². The quantitative estimate of drug-likeness (QED) is 0.818. The minimum atomic E-state index is -0.853. The van der Waals surface area contributed by atoms with E-state index in [2.05, 4.69) is 11.9 Å². The smallest absolute Gasteiger partial charge is 0.321 e. The first-order valence-corrected chi connectivity index (χ1v) is 7.62. The number of carboxylic acid groups (broad SMARTS) is 1. The lowest BCUT2D eigenvalue weighted by Crippen LogP contribution is -2.47. The van der Waals surface area contributed by atoms with Crippen molar-refractivity contribution in [1.82, 2.24) is 4.90 Å². The van der Waals surface area contributed by atoms with E-state index in [1.54, 1.807) is 35.2 Å². The van der Waals surface area contributed by atoms with Crippen molar-refractivity contribution in [1.29, 1.82) is 0 Å². The van der Waals surface area contributed by atoms with Crippen molar-refractivity contribution in [2.45, 2.75) is 13.3 Å². The summed E-state index contributed by atoms with van der Waals surface area (Å²) in [6.07, 6.45) is 2.25. The number of carbonyl (C=O) groups is 2. The topological polar surface area (TPSA) is 78.9 Å². The van der Waals surface area contributed by atoms with Crippen LogP contribution in [0.15, 0.2) is 36.9 Å². The molecule has 2 unspecified atom stereocenters. The van der Waals surface area contributed by atoms with Crippen LogP contribution in [0.3, 0.4) is 0 Å². The van der Waals surface area contributed by atoms with E-state index in [0.717, 1.165) is 0 Å². The Kier molecular flexibility index (Phi) is 5.62. The number of benzene rings is 1. The minimum absolute atomic E-state index is 0.165. The summed E-state index contributed by atoms with van der Waals surface area (Å²) in [5.41, 5.74) is 0.613. The van der Waals surface area contributed by atoms with E-state index in [4.69, 9.17) is 4.74 Å². The van der Waals surface area contributed by atoms with E-state index in [0.29, 0.717) is 31.0 Å². The fraction of sp³-hybridized carbons (Fsp3) is 0.412. The van der Waals surface area contributed by atoms with Crippen molar-refractivity contribution in [3.63, 3.8) is 0 Å². The summed E-state index contributed by atoms with van der Waals surface area (Å²) in [4.78, 5) is 25.1. The van der Waals surface area contributed by atoms with Crippen LogP contribution in [0.1, 0.15) is 13.3 Å². The van der Waals surface area contributed by atoms with E-state index >= 15 is 0 Å². The summed E-state index contributed by atoms with van der Waals surface area (Å²) in [5, 5.41) is 12.0. The van der Waals surface area contributed by atoms with Gasteiger partial charge in [-0.05, 0) is 24.5 Å². The Hall–Kier alpha value is -2.50. The molecule has 1 saturated heterocycles. The summed E-state index contributed by atoms with van der Waals surface area (Å²) >= 11 is 0. The summed E-state index contributed by atoms with van der Waals surface area (Å²) in [5.74, 6) is -0.558. The molecular weight excluding hydrogens is 296 g/mol. The van der Waals surface area contributed by atoms with Crippen molar-refractivity contribution in [2.75, 3.05) is 25.0 Å². The molecule has 1 aromatic carbocycles. The fourth-order valence-electron chi connectivity index (χ4n) is 2.72. The Bertz CT molecular complexity index is 588. The molecule has 2 rings (SSSR count). The summed E-state index contributed by atoms with van der Waals surface area (Å²) in [7, 11) is 0. The van der Waals surface area contributed by atoms with Crippen LogP contribution in [0.2, 0.25) is 0 Å². The third-order valence-electron chi connectivity index (χ3n) is 3.75. The Balaban J connectivity index is 2.00. The van der Waals surface area contributed by atoms with Crippen LogP contribution < -0.4 is 10.1 Å². The molecule has 6 nitrogen and oxygen atoms in total. The molecule has 1 aliphatic heterocycles. The lowest BCUT2D eigenvalue weighted by Gasteiger charge is -2.34. The number of rotatable bonds is 5. The third-order valence-corrected chi connectivity index (χ3v) is 3.75. The Labute approximate surface area is 135 Å². The number of carboxylic acids is 1. The largest absolute Gasteiger partial charge is 0.489 e. The Morgan fingerprint density at radius 3 is 2.96 bits per heavy atom. The first-order valence-electron chi connectivity index (χ1n) is 7.62. The van der Waals surface area contributed by atoms with Gasteiger partial charge in [0, 0.05) is 24.8 Å². The van der Waals surface area contributed by atoms with Gasteiger partial charge in [-0.3, -0.25) is 4.79 Å². The second-order valence-corrected chi connectivity index (χ2v) is 5.84. The molecule has 2 amide bonds. The molecule has 0 bridgehead atoms. The second kappa shape index (κ2) is 7.67. The summed E-state index contributed by atoms with van der Waals surface area (Å²) < 4.78 is 5.43. The molecule has 6 heteroatoms. The van der Waals surface area contributed by atoms with Crippen molar-refractivity contribution >= 4 is 17.7 Å². The highest BCUT2D eigenvalue weighted by molar-refractivity contribution is 5.90. The molecular formula is C17H22N2O4. The van der Waals surface area contributed by atoms with Gasteiger partial charge in [-0.15, -0.1) is 0 Å². The van der Waals surface area contributed by atoms with Crippen LogP contribution in [0.5, 0.6) is 5.75 Å². The van der Waals surface area contributed by atoms with Crippen molar-refractivity contribution in [2.24, 2.45) is 11.8 Å².